The minimum atomic E-state index is -0.972. The van der Waals surface area contributed by atoms with E-state index in [2.05, 4.69) is 24.0 Å². The third kappa shape index (κ3) is 2.57. The smallest absolute Gasteiger partial charge is 0.339 e. The van der Waals surface area contributed by atoms with Crippen LogP contribution in [0.3, 0.4) is 0 Å². The van der Waals surface area contributed by atoms with Crippen molar-refractivity contribution in [1.82, 2.24) is 0 Å². The molecule has 3 rings (SSSR count). The van der Waals surface area contributed by atoms with Crippen molar-refractivity contribution in [3.05, 3.63) is 59.7 Å². The summed E-state index contributed by atoms with van der Waals surface area (Å²) in [6.07, 6.45) is 0.986. The summed E-state index contributed by atoms with van der Waals surface area (Å²) in [4.78, 5) is 13.3. The Kier molecular flexibility index (Phi) is 3.52. The van der Waals surface area contributed by atoms with Gasteiger partial charge in [-0.1, -0.05) is 30.3 Å². The third-order valence-electron chi connectivity index (χ3n) is 3.83. The Morgan fingerprint density at radius 1 is 1.24 bits per heavy atom. The Morgan fingerprint density at radius 2 is 1.95 bits per heavy atom. The van der Waals surface area contributed by atoms with Gasteiger partial charge in [-0.3, -0.25) is 0 Å². The zero-order chi connectivity index (χ0) is 14.8. The molecule has 0 fully saturated rings. The summed E-state index contributed by atoms with van der Waals surface area (Å²) < 4.78 is 5.75. The van der Waals surface area contributed by atoms with E-state index in [0.717, 1.165) is 12.1 Å². The van der Waals surface area contributed by atoms with E-state index in [4.69, 9.17) is 4.74 Å². The topological polar surface area (TPSA) is 49.8 Å². The Hall–Kier alpha value is -2.49. The highest BCUT2D eigenvalue weighted by molar-refractivity contribution is 5.90. The van der Waals surface area contributed by atoms with Gasteiger partial charge in [0.1, 0.15) is 11.3 Å². The van der Waals surface area contributed by atoms with Crippen molar-refractivity contribution >= 4 is 11.7 Å². The zero-order valence-electron chi connectivity index (χ0n) is 11.8. The Morgan fingerprint density at radius 3 is 2.76 bits per heavy atom. The van der Waals surface area contributed by atoms with E-state index in [0.29, 0.717) is 18.5 Å². The van der Waals surface area contributed by atoms with Crippen LogP contribution < -0.4 is 9.64 Å². The van der Waals surface area contributed by atoms with Gasteiger partial charge in [0.2, 0.25) is 0 Å². The zero-order valence-corrected chi connectivity index (χ0v) is 11.8. The first-order valence-electron chi connectivity index (χ1n) is 6.96. The van der Waals surface area contributed by atoms with Crippen molar-refractivity contribution in [3.63, 3.8) is 0 Å². The molecule has 1 aliphatic rings. The number of ether oxygens (including phenoxy) is 1. The summed E-state index contributed by atoms with van der Waals surface area (Å²) >= 11 is 0. The molecule has 108 valence electrons. The normalized spacial score (nSPS) is 16.6. The van der Waals surface area contributed by atoms with Crippen molar-refractivity contribution < 1.29 is 14.6 Å². The second-order valence-electron chi connectivity index (χ2n) is 5.23. The predicted octanol–water partition coefficient (Wildman–Crippen LogP) is 3.17. The highest BCUT2D eigenvalue weighted by atomic mass is 16.5. The number of anilines is 1. The third-order valence-corrected chi connectivity index (χ3v) is 3.83. The molecule has 21 heavy (non-hydrogen) atoms. The maximum absolute atomic E-state index is 11.2. The average molecular weight is 283 g/mol. The molecule has 0 aromatic heterocycles. The van der Waals surface area contributed by atoms with Crippen molar-refractivity contribution in [3.8, 4) is 5.75 Å². The summed E-state index contributed by atoms with van der Waals surface area (Å²) in [6.45, 7) is 2.49. The predicted molar refractivity (Wildman–Crippen MR) is 81.0 cm³/mol. The van der Waals surface area contributed by atoms with Gasteiger partial charge in [-0.15, -0.1) is 0 Å². The number of carboxylic acid groups (broad SMARTS) is 1. The van der Waals surface area contributed by atoms with Crippen LogP contribution in [-0.4, -0.2) is 23.8 Å². The monoisotopic (exact) mass is 283 g/mol. The molecule has 2 aromatic rings. The number of hydrogen-bond acceptors (Lipinski definition) is 3. The molecule has 0 amide bonds. The van der Waals surface area contributed by atoms with E-state index < -0.39 is 5.97 Å². The summed E-state index contributed by atoms with van der Waals surface area (Å²) in [5.74, 6) is -0.568. The van der Waals surface area contributed by atoms with Crippen LogP contribution in [-0.2, 0) is 6.42 Å². The molecule has 1 aliphatic heterocycles. The van der Waals surface area contributed by atoms with Gasteiger partial charge in [0.15, 0.2) is 6.73 Å². The van der Waals surface area contributed by atoms with Crippen molar-refractivity contribution in [2.24, 2.45) is 0 Å². The van der Waals surface area contributed by atoms with Crippen LogP contribution in [0.4, 0.5) is 5.69 Å². The van der Waals surface area contributed by atoms with Gasteiger partial charge in [0.05, 0.1) is 0 Å². The quantitative estimate of drug-likeness (QED) is 0.936. The number of fused-ring (bicyclic) bond motifs is 1. The van der Waals surface area contributed by atoms with E-state index in [1.54, 1.807) is 24.3 Å². The van der Waals surface area contributed by atoms with E-state index >= 15 is 0 Å². The highest BCUT2D eigenvalue weighted by Crippen LogP contribution is 2.32. The molecule has 1 N–H and O–H groups in total. The Labute approximate surface area is 123 Å². The summed E-state index contributed by atoms with van der Waals surface area (Å²) in [5.41, 5.74) is 2.66. The van der Waals surface area contributed by atoms with Crippen LogP contribution in [0.5, 0.6) is 5.75 Å². The number of nitrogens with zero attached hydrogens (tertiary/aromatic N) is 1. The van der Waals surface area contributed by atoms with Crippen LogP contribution in [0.1, 0.15) is 22.8 Å². The molecule has 0 saturated heterocycles. The standard InChI is InChI=1S/C17H17NO3/c1-12-10-13-6-2-4-8-15(13)18(12)11-21-16-9-5-3-7-14(16)17(19)20/h2-9,12H,10-11H2,1H3,(H,19,20). The molecular weight excluding hydrogens is 266 g/mol. The molecule has 4 nitrogen and oxygen atoms in total. The van der Waals surface area contributed by atoms with Crippen LogP contribution in [0.2, 0.25) is 0 Å². The average Bonchev–Trinajstić information content (AvgIpc) is 2.81. The fourth-order valence-corrected chi connectivity index (χ4v) is 2.73. The first-order valence-corrected chi connectivity index (χ1v) is 6.96. The molecule has 2 aromatic carbocycles. The number of aromatic carboxylic acids is 1. The minimum Gasteiger partial charge on any atom is -0.478 e. The Bertz CT molecular complexity index is 669. The molecule has 4 heteroatoms. The van der Waals surface area contributed by atoms with Gasteiger partial charge >= 0.3 is 5.97 Å². The number of hydrogen-bond donors (Lipinski definition) is 1. The van der Waals surface area contributed by atoms with Crippen LogP contribution >= 0.6 is 0 Å². The van der Waals surface area contributed by atoms with Gasteiger partial charge < -0.3 is 14.7 Å². The maximum atomic E-state index is 11.2. The Balaban J connectivity index is 1.78. The van der Waals surface area contributed by atoms with Gasteiger partial charge in [-0.2, -0.15) is 0 Å². The maximum Gasteiger partial charge on any atom is 0.339 e. The number of carboxylic acids is 1. The molecule has 0 aliphatic carbocycles. The SMILES string of the molecule is CC1Cc2ccccc2N1COc1ccccc1C(=O)O. The van der Waals surface area contributed by atoms with Crippen LogP contribution in [0, 0.1) is 0 Å². The molecule has 1 unspecified atom stereocenters. The number of carbonyl (C=O) groups is 1. The summed E-state index contributed by atoms with van der Waals surface area (Å²) in [5, 5.41) is 9.17. The summed E-state index contributed by atoms with van der Waals surface area (Å²) in [7, 11) is 0. The van der Waals surface area contributed by atoms with E-state index in [9.17, 15) is 9.90 Å². The van der Waals surface area contributed by atoms with E-state index in [1.165, 1.54) is 5.56 Å². The van der Waals surface area contributed by atoms with Crippen molar-refractivity contribution in [2.45, 2.75) is 19.4 Å². The minimum absolute atomic E-state index is 0.192. The van der Waals surface area contributed by atoms with Crippen LogP contribution in [0.25, 0.3) is 0 Å². The van der Waals surface area contributed by atoms with E-state index in [-0.39, 0.29) is 5.56 Å². The number of benzene rings is 2. The fourth-order valence-electron chi connectivity index (χ4n) is 2.73. The first-order chi connectivity index (χ1) is 10.2. The second-order valence-corrected chi connectivity index (χ2v) is 5.23. The lowest BCUT2D eigenvalue weighted by Crippen LogP contribution is -2.33. The molecule has 0 spiro atoms. The molecule has 1 atom stereocenters. The van der Waals surface area contributed by atoms with Gasteiger partial charge in [0.25, 0.3) is 0 Å². The largest absolute Gasteiger partial charge is 0.478 e. The van der Waals surface area contributed by atoms with Crippen LogP contribution in [0.15, 0.2) is 48.5 Å². The molecule has 1 heterocycles. The lowest BCUT2D eigenvalue weighted by Gasteiger charge is -2.25. The molecule has 0 saturated carbocycles. The summed E-state index contributed by atoms with van der Waals surface area (Å²) in [6, 6.07) is 15.3. The lowest BCUT2D eigenvalue weighted by molar-refractivity contribution is 0.0692. The molecular formula is C17H17NO3. The highest BCUT2D eigenvalue weighted by Gasteiger charge is 2.26. The van der Waals surface area contributed by atoms with E-state index in [1.807, 2.05) is 12.1 Å². The first kappa shape index (κ1) is 13.5. The van der Waals surface area contributed by atoms with Crippen molar-refractivity contribution in [1.29, 1.82) is 0 Å². The van der Waals surface area contributed by atoms with Crippen molar-refractivity contribution in [2.75, 3.05) is 11.6 Å². The number of para-hydroxylation sites is 2. The van der Waals surface area contributed by atoms with Gasteiger partial charge in [0, 0.05) is 11.7 Å². The molecule has 0 radical (unpaired) electrons. The lowest BCUT2D eigenvalue weighted by atomic mass is 10.1. The van der Waals surface area contributed by atoms with Gasteiger partial charge in [-0.25, -0.2) is 4.79 Å². The van der Waals surface area contributed by atoms with Gasteiger partial charge in [-0.05, 0) is 37.1 Å². The number of rotatable bonds is 4. The fraction of sp³-hybridized carbons (Fsp3) is 0.235. The second kappa shape index (κ2) is 5.48. The molecule has 0 bridgehead atoms.